The van der Waals surface area contributed by atoms with Gasteiger partial charge in [-0.15, -0.1) is 0 Å². The van der Waals surface area contributed by atoms with Crippen LogP contribution in [-0.4, -0.2) is 36.7 Å². The average molecular weight is 328 g/mol. The number of anilines is 1. The fourth-order valence-electron chi connectivity index (χ4n) is 2.81. The molecule has 0 amide bonds. The minimum absolute atomic E-state index is 0.100. The summed E-state index contributed by atoms with van der Waals surface area (Å²) in [4.78, 5) is 0.308. The summed E-state index contributed by atoms with van der Waals surface area (Å²) in [6.45, 7) is 0.887. The SMILES string of the molecule is O=S1CCC(NS(=O)(=O)c2ccc3c(c2)NCCC3)CC1. The van der Waals surface area contributed by atoms with Gasteiger partial charge >= 0.3 is 0 Å². The van der Waals surface area contributed by atoms with E-state index in [0.717, 1.165) is 25.1 Å². The molecular weight excluding hydrogens is 308 g/mol. The molecule has 0 spiro atoms. The molecule has 0 radical (unpaired) electrons. The molecular formula is C14H20N2O3S2. The third-order valence-corrected chi connectivity index (χ3v) is 6.94. The molecule has 2 heterocycles. The van der Waals surface area contributed by atoms with Crippen LogP contribution in [-0.2, 0) is 27.2 Å². The van der Waals surface area contributed by atoms with Crippen molar-refractivity contribution in [1.29, 1.82) is 0 Å². The van der Waals surface area contributed by atoms with E-state index in [1.165, 1.54) is 5.56 Å². The van der Waals surface area contributed by atoms with E-state index < -0.39 is 20.8 Å². The summed E-state index contributed by atoms with van der Waals surface area (Å²) in [5, 5.41) is 3.25. The van der Waals surface area contributed by atoms with Gasteiger partial charge in [0.05, 0.1) is 4.90 Å². The lowest BCUT2D eigenvalue weighted by Crippen LogP contribution is -2.39. The molecule has 5 nitrogen and oxygen atoms in total. The molecule has 3 rings (SSSR count). The van der Waals surface area contributed by atoms with Crippen molar-refractivity contribution < 1.29 is 12.6 Å². The van der Waals surface area contributed by atoms with E-state index in [0.29, 0.717) is 29.2 Å². The molecule has 0 bridgehead atoms. The summed E-state index contributed by atoms with van der Waals surface area (Å²) in [6.07, 6.45) is 3.37. The second kappa shape index (κ2) is 6.06. The van der Waals surface area contributed by atoms with Crippen LogP contribution >= 0.6 is 0 Å². The summed E-state index contributed by atoms with van der Waals surface area (Å²) in [5.41, 5.74) is 2.10. The molecule has 0 aliphatic carbocycles. The van der Waals surface area contributed by atoms with Crippen molar-refractivity contribution in [2.45, 2.75) is 36.6 Å². The molecule has 2 aliphatic rings. The van der Waals surface area contributed by atoms with Crippen molar-refractivity contribution >= 4 is 26.5 Å². The molecule has 1 saturated heterocycles. The highest BCUT2D eigenvalue weighted by molar-refractivity contribution is 7.89. The zero-order valence-corrected chi connectivity index (χ0v) is 13.4. The predicted molar refractivity (Wildman–Crippen MR) is 84.5 cm³/mol. The largest absolute Gasteiger partial charge is 0.385 e. The first-order chi connectivity index (χ1) is 10.0. The Morgan fingerprint density at radius 3 is 2.76 bits per heavy atom. The van der Waals surface area contributed by atoms with Gasteiger partial charge in [0.2, 0.25) is 10.0 Å². The third-order valence-electron chi connectivity index (χ3n) is 4.04. The van der Waals surface area contributed by atoms with Gasteiger partial charge in [-0.1, -0.05) is 6.07 Å². The monoisotopic (exact) mass is 328 g/mol. The van der Waals surface area contributed by atoms with Gasteiger partial charge in [-0.05, 0) is 43.4 Å². The lowest BCUT2D eigenvalue weighted by molar-refractivity contribution is 0.522. The quantitative estimate of drug-likeness (QED) is 0.875. The lowest BCUT2D eigenvalue weighted by Gasteiger charge is -2.23. The maximum absolute atomic E-state index is 12.5. The second-order valence-electron chi connectivity index (χ2n) is 5.59. The Balaban J connectivity index is 1.76. The van der Waals surface area contributed by atoms with Gasteiger partial charge in [-0.25, -0.2) is 13.1 Å². The second-order valence-corrected chi connectivity index (χ2v) is 9.00. The minimum atomic E-state index is -3.50. The maximum Gasteiger partial charge on any atom is 0.240 e. The average Bonchev–Trinajstić information content (AvgIpc) is 2.49. The van der Waals surface area contributed by atoms with E-state index in [1.54, 1.807) is 12.1 Å². The molecule has 116 valence electrons. The Bertz CT molecular complexity index is 648. The number of fused-ring (bicyclic) bond motifs is 1. The molecule has 1 aromatic carbocycles. The van der Waals surface area contributed by atoms with Gasteiger partial charge in [-0.2, -0.15) is 0 Å². The minimum Gasteiger partial charge on any atom is -0.385 e. The first kappa shape index (κ1) is 15.0. The van der Waals surface area contributed by atoms with Crippen LogP contribution in [0.15, 0.2) is 23.1 Å². The molecule has 2 aliphatic heterocycles. The van der Waals surface area contributed by atoms with Crippen LogP contribution in [0.3, 0.4) is 0 Å². The van der Waals surface area contributed by atoms with Gasteiger partial charge in [0.25, 0.3) is 0 Å². The molecule has 7 heteroatoms. The first-order valence-corrected chi connectivity index (χ1v) is 10.3. The highest BCUT2D eigenvalue weighted by Gasteiger charge is 2.24. The summed E-state index contributed by atoms with van der Waals surface area (Å²) in [7, 11) is -4.28. The van der Waals surface area contributed by atoms with Crippen molar-refractivity contribution in [2.75, 3.05) is 23.4 Å². The Labute approximate surface area is 128 Å². The number of sulfonamides is 1. The van der Waals surface area contributed by atoms with Crippen LogP contribution in [0, 0.1) is 0 Å². The van der Waals surface area contributed by atoms with E-state index in [9.17, 15) is 12.6 Å². The van der Waals surface area contributed by atoms with E-state index in [1.807, 2.05) is 6.07 Å². The number of benzene rings is 1. The first-order valence-electron chi connectivity index (χ1n) is 7.29. The molecule has 1 fully saturated rings. The fourth-order valence-corrected chi connectivity index (χ4v) is 5.44. The van der Waals surface area contributed by atoms with Crippen LogP contribution in [0.2, 0.25) is 0 Å². The van der Waals surface area contributed by atoms with Crippen molar-refractivity contribution in [2.24, 2.45) is 0 Å². The summed E-state index contributed by atoms with van der Waals surface area (Å²) in [6, 6.07) is 5.19. The molecule has 2 N–H and O–H groups in total. The summed E-state index contributed by atoms with van der Waals surface area (Å²) < 4.78 is 39.0. The standard InChI is InChI=1S/C14H20N2O3S2/c17-20-8-5-12(6-9-20)16-21(18,19)13-4-3-11-2-1-7-15-14(11)10-13/h3-4,10,12,15-16H,1-2,5-9H2. The molecule has 21 heavy (non-hydrogen) atoms. The molecule has 0 saturated carbocycles. The van der Waals surface area contributed by atoms with Gasteiger partial charge in [0, 0.05) is 40.6 Å². The molecule has 0 aromatic heterocycles. The van der Waals surface area contributed by atoms with Crippen molar-refractivity contribution in [1.82, 2.24) is 4.72 Å². The zero-order valence-electron chi connectivity index (χ0n) is 11.8. The topological polar surface area (TPSA) is 75.3 Å². The Morgan fingerprint density at radius 2 is 2.00 bits per heavy atom. The Hall–Kier alpha value is -0.920. The van der Waals surface area contributed by atoms with Crippen LogP contribution in [0.5, 0.6) is 0 Å². The Morgan fingerprint density at radius 1 is 1.24 bits per heavy atom. The van der Waals surface area contributed by atoms with E-state index in [4.69, 9.17) is 0 Å². The lowest BCUT2D eigenvalue weighted by atomic mass is 10.0. The van der Waals surface area contributed by atoms with Crippen LogP contribution in [0.25, 0.3) is 0 Å². The molecule has 0 atom stereocenters. The van der Waals surface area contributed by atoms with E-state index in [2.05, 4.69) is 10.0 Å². The van der Waals surface area contributed by atoms with Gasteiger partial charge < -0.3 is 5.32 Å². The number of nitrogens with one attached hydrogen (secondary N) is 2. The van der Waals surface area contributed by atoms with Crippen molar-refractivity contribution in [3.05, 3.63) is 23.8 Å². The molecule has 0 unspecified atom stereocenters. The van der Waals surface area contributed by atoms with Crippen molar-refractivity contribution in [3.63, 3.8) is 0 Å². The van der Waals surface area contributed by atoms with Crippen LogP contribution in [0.1, 0.15) is 24.8 Å². The smallest absolute Gasteiger partial charge is 0.240 e. The van der Waals surface area contributed by atoms with Gasteiger partial charge in [0.15, 0.2) is 0 Å². The fraction of sp³-hybridized carbons (Fsp3) is 0.571. The highest BCUT2D eigenvalue weighted by Crippen LogP contribution is 2.25. The normalized spacial score (nSPS) is 25.9. The number of aryl methyl sites for hydroxylation is 1. The summed E-state index contributed by atoms with van der Waals surface area (Å²) >= 11 is 0. The van der Waals surface area contributed by atoms with E-state index in [-0.39, 0.29) is 6.04 Å². The van der Waals surface area contributed by atoms with Crippen LogP contribution in [0.4, 0.5) is 5.69 Å². The number of hydrogen-bond acceptors (Lipinski definition) is 4. The predicted octanol–water partition coefficient (Wildman–Crippen LogP) is 1.23. The van der Waals surface area contributed by atoms with Gasteiger partial charge in [0.1, 0.15) is 0 Å². The highest BCUT2D eigenvalue weighted by atomic mass is 32.2. The number of hydrogen-bond donors (Lipinski definition) is 2. The van der Waals surface area contributed by atoms with Crippen molar-refractivity contribution in [3.8, 4) is 0 Å². The maximum atomic E-state index is 12.5. The zero-order chi connectivity index (χ0) is 14.9. The molecule has 1 aromatic rings. The van der Waals surface area contributed by atoms with E-state index >= 15 is 0 Å². The summed E-state index contributed by atoms with van der Waals surface area (Å²) in [5.74, 6) is 1.16. The van der Waals surface area contributed by atoms with Crippen LogP contribution < -0.4 is 10.0 Å². The van der Waals surface area contributed by atoms with Gasteiger partial charge in [-0.3, -0.25) is 4.21 Å². The Kier molecular flexibility index (Phi) is 4.33. The third kappa shape index (κ3) is 3.46. The number of rotatable bonds is 3.